The molecule has 0 aromatic rings. The van der Waals surface area contributed by atoms with Gasteiger partial charge in [0.15, 0.2) is 0 Å². The lowest BCUT2D eigenvalue weighted by Gasteiger charge is -2.30. The molecule has 0 rings (SSSR count). The van der Waals surface area contributed by atoms with E-state index < -0.39 is 5.97 Å². The maximum atomic E-state index is 11.7. The summed E-state index contributed by atoms with van der Waals surface area (Å²) in [6, 6.07) is 0. The third-order valence-electron chi connectivity index (χ3n) is 4.18. The van der Waals surface area contributed by atoms with Gasteiger partial charge in [-0.25, -0.2) is 0 Å². The molecule has 0 spiro atoms. The molecule has 0 aromatic carbocycles. The molecule has 0 atom stereocenters. The predicted molar refractivity (Wildman–Crippen MR) is 125 cm³/mol. The van der Waals surface area contributed by atoms with Gasteiger partial charge in [-0.3, -0.25) is 4.79 Å². The maximum Gasteiger partial charge on any atom is 0.308 e. The van der Waals surface area contributed by atoms with Gasteiger partial charge in [-0.05, 0) is 54.4 Å². The van der Waals surface area contributed by atoms with Crippen molar-refractivity contribution in [3.63, 3.8) is 0 Å². The van der Waals surface area contributed by atoms with Crippen molar-refractivity contribution in [3.8, 4) is 0 Å². The Kier molecular flexibility index (Phi) is 11.5. The van der Waals surface area contributed by atoms with E-state index in [2.05, 4.69) is 69.2 Å². The van der Waals surface area contributed by atoms with Gasteiger partial charge >= 0.3 is 5.97 Å². The van der Waals surface area contributed by atoms with Crippen LogP contribution in [-0.4, -0.2) is 56.5 Å². The minimum absolute atomic E-state index is 0.000314. The van der Waals surface area contributed by atoms with E-state index in [0.29, 0.717) is 24.7 Å². The molecular formula is C22H44O4S2. The molecule has 6 heteroatoms. The number of aliphatic carboxylic acids is 1. The van der Waals surface area contributed by atoms with Gasteiger partial charge < -0.3 is 14.6 Å². The number of carboxylic acid groups (broad SMARTS) is 1. The van der Waals surface area contributed by atoms with Crippen molar-refractivity contribution in [2.24, 2.45) is 5.92 Å². The average molecular weight is 437 g/mol. The van der Waals surface area contributed by atoms with E-state index in [-0.39, 0.29) is 26.6 Å². The lowest BCUT2D eigenvalue weighted by atomic mass is 10.1. The Morgan fingerprint density at radius 1 is 0.750 bits per heavy atom. The standard InChI is InChI=1S/C22H44O4S2/c1-19(2,3)25-13-11-21(7,8)27-15-17(18(23)24)16-28-22(9,10)12-14-26-20(4,5)6/h17H,11-16H2,1-10H3,(H,23,24). The van der Waals surface area contributed by atoms with Gasteiger partial charge in [-0.15, -0.1) is 0 Å². The summed E-state index contributed by atoms with van der Waals surface area (Å²) >= 11 is 3.48. The van der Waals surface area contributed by atoms with E-state index in [1.165, 1.54) is 0 Å². The highest BCUT2D eigenvalue weighted by atomic mass is 32.2. The lowest BCUT2D eigenvalue weighted by molar-refractivity contribution is -0.140. The first kappa shape index (κ1) is 28.1. The van der Waals surface area contributed by atoms with Crippen LogP contribution in [0.5, 0.6) is 0 Å². The summed E-state index contributed by atoms with van der Waals surface area (Å²) in [5.41, 5.74) is -0.271. The fourth-order valence-corrected chi connectivity index (χ4v) is 4.62. The lowest BCUT2D eigenvalue weighted by Crippen LogP contribution is -2.29. The molecule has 0 aliphatic heterocycles. The Bertz CT molecular complexity index is 426. The molecule has 28 heavy (non-hydrogen) atoms. The number of carbonyl (C=O) groups is 1. The quantitative estimate of drug-likeness (QED) is 0.375. The van der Waals surface area contributed by atoms with E-state index in [1.807, 2.05) is 0 Å². The molecule has 0 saturated heterocycles. The number of hydrogen-bond acceptors (Lipinski definition) is 5. The number of rotatable bonds is 13. The highest BCUT2D eigenvalue weighted by molar-refractivity contribution is 8.01. The van der Waals surface area contributed by atoms with Crippen LogP contribution in [0, 0.1) is 5.92 Å². The van der Waals surface area contributed by atoms with E-state index in [4.69, 9.17) is 9.47 Å². The van der Waals surface area contributed by atoms with Crippen LogP contribution in [0.4, 0.5) is 0 Å². The van der Waals surface area contributed by atoms with E-state index in [9.17, 15) is 9.90 Å². The first-order chi connectivity index (χ1) is 12.4. The molecule has 0 amide bonds. The molecule has 4 nitrogen and oxygen atoms in total. The highest BCUT2D eigenvalue weighted by Crippen LogP contribution is 2.34. The van der Waals surface area contributed by atoms with Crippen LogP contribution in [-0.2, 0) is 14.3 Å². The monoisotopic (exact) mass is 436 g/mol. The molecule has 0 fully saturated rings. The van der Waals surface area contributed by atoms with Gasteiger partial charge in [0, 0.05) is 34.2 Å². The third kappa shape index (κ3) is 15.9. The zero-order chi connectivity index (χ0) is 22.2. The topological polar surface area (TPSA) is 55.8 Å². The molecule has 1 N–H and O–H groups in total. The average Bonchev–Trinajstić information content (AvgIpc) is 2.43. The zero-order valence-corrected chi connectivity index (χ0v) is 21.4. The van der Waals surface area contributed by atoms with Gasteiger partial charge in [0.2, 0.25) is 0 Å². The molecule has 0 unspecified atom stereocenters. The number of carboxylic acids is 1. The maximum absolute atomic E-state index is 11.7. The molecule has 0 aliphatic carbocycles. The summed E-state index contributed by atoms with van der Waals surface area (Å²) in [5, 5.41) is 9.66. The number of ether oxygens (including phenoxy) is 2. The van der Waals surface area contributed by atoms with Crippen molar-refractivity contribution < 1.29 is 19.4 Å². The van der Waals surface area contributed by atoms with Crippen LogP contribution >= 0.6 is 23.5 Å². The van der Waals surface area contributed by atoms with Crippen molar-refractivity contribution in [2.75, 3.05) is 24.7 Å². The zero-order valence-electron chi connectivity index (χ0n) is 19.8. The van der Waals surface area contributed by atoms with Crippen molar-refractivity contribution in [2.45, 2.75) is 103 Å². The molecule has 0 aromatic heterocycles. The van der Waals surface area contributed by atoms with Crippen molar-refractivity contribution >= 4 is 29.5 Å². The van der Waals surface area contributed by atoms with Gasteiger partial charge in [-0.2, -0.15) is 23.5 Å². The van der Waals surface area contributed by atoms with Crippen LogP contribution < -0.4 is 0 Å². The largest absolute Gasteiger partial charge is 0.481 e. The molecule has 0 saturated carbocycles. The van der Waals surface area contributed by atoms with E-state index in [0.717, 1.165) is 12.8 Å². The minimum atomic E-state index is -0.705. The summed E-state index contributed by atoms with van der Waals surface area (Å²) in [5.74, 6) is 0.197. The van der Waals surface area contributed by atoms with Gasteiger partial charge in [-0.1, -0.05) is 27.7 Å². The van der Waals surface area contributed by atoms with Crippen molar-refractivity contribution in [1.29, 1.82) is 0 Å². The van der Waals surface area contributed by atoms with Crippen LogP contribution in [0.15, 0.2) is 0 Å². The second-order valence-electron chi connectivity index (χ2n) is 10.6. The van der Waals surface area contributed by atoms with Gasteiger partial charge in [0.05, 0.1) is 17.1 Å². The molecule has 0 bridgehead atoms. The van der Waals surface area contributed by atoms with Crippen molar-refractivity contribution in [1.82, 2.24) is 0 Å². The van der Waals surface area contributed by atoms with Crippen LogP contribution in [0.1, 0.15) is 82.1 Å². The first-order valence-electron chi connectivity index (χ1n) is 10.2. The SMILES string of the molecule is CC(C)(C)OCCC(C)(C)SCC(CSC(C)(C)CCOC(C)(C)C)C(=O)O. The summed E-state index contributed by atoms with van der Waals surface area (Å²) in [7, 11) is 0. The second kappa shape index (κ2) is 11.5. The molecular weight excluding hydrogens is 392 g/mol. The fraction of sp³-hybridized carbons (Fsp3) is 0.955. The van der Waals surface area contributed by atoms with Gasteiger partial charge in [0.1, 0.15) is 0 Å². The summed E-state index contributed by atoms with van der Waals surface area (Å²) in [6.07, 6.45) is 1.81. The number of thioether (sulfide) groups is 2. The van der Waals surface area contributed by atoms with Gasteiger partial charge in [0.25, 0.3) is 0 Å². The summed E-state index contributed by atoms with van der Waals surface area (Å²) < 4.78 is 11.7. The Morgan fingerprint density at radius 3 is 1.32 bits per heavy atom. The highest BCUT2D eigenvalue weighted by Gasteiger charge is 2.28. The summed E-state index contributed by atoms with van der Waals surface area (Å²) in [4.78, 5) is 11.7. The Balaban J connectivity index is 4.45. The Morgan fingerprint density at radius 2 is 1.07 bits per heavy atom. The molecule has 0 radical (unpaired) electrons. The Labute approximate surface area is 182 Å². The first-order valence-corrected chi connectivity index (χ1v) is 12.2. The smallest absolute Gasteiger partial charge is 0.308 e. The molecule has 0 heterocycles. The van der Waals surface area contributed by atoms with E-state index in [1.54, 1.807) is 23.5 Å². The summed E-state index contributed by atoms with van der Waals surface area (Å²) in [6.45, 7) is 22.4. The third-order valence-corrected chi connectivity index (χ3v) is 7.29. The van der Waals surface area contributed by atoms with Crippen LogP contribution in [0.2, 0.25) is 0 Å². The minimum Gasteiger partial charge on any atom is -0.481 e. The van der Waals surface area contributed by atoms with Crippen LogP contribution in [0.25, 0.3) is 0 Å². The second-order valence-corrected chi connectivity index (χ2v) is 14.1. The fourth-order valence-electron chi connectivity index (χ4n) is 2.19. The molecule has 0 aliphatic rings. The van der Waals surface area contributed by atoms with E-state index >= 15 is 0 Å². The number of hydrogen-bond donors (Lipinski definition) is 1. The van der Waals surface area contributed by atoms with Crippen LogP contribution in [0.3, 0.4) is 0 Å². The van der Waals surface area contributed by atoms with Crippen molar-refractivity contribution in [3.05, 3.63) is 0 Å². The molecule has 168 valence electrons. The Hall–Kier alpha value is 0.0900. The normalized spacial score (nSPS) is 14.0. The predicted octanol–water partition coefficient (Wildman–Crippen LogP) is 6.12.